The minimum atomic E-state index is 0.840. The molecule has 0 aromatic carbocycles. The number of thiazole rings is 1. The van der Waals surface area contributed by atoms with Gasteiger partial charge in [-0.25, -0.2) is 4.98 Å². The predicted molar refractivity (Wildman–Crippen MR) is 88.2 cm³/mol. The van der Waals surface area contributed by atoms with E-state index in [1.807, 2.05) is 24.4 Å². The van der Waals surface area contributed by atoms with Crippen LogP contribution in [0.5, 0.6) is 0 Å². The number of hydrogen-bond acceptors (Lipinski definition) is 4. The summed E-state index contributed by atoms with van der Waals surface area (Å²) in [5, 5.41) is 6.74. The minimum absolute atomic E-state index is 0.840. The van der Waals surface area contributed by atoms with E-state index in [0.717, 1.165) is 41.3 Å². The SMILES string of the molecule is CC1CCCCC1CNCc1csc(-c2ccccn2)n1. The summed E-state index contributed by atoms with van der Waals surface area (Å²) < 4.78 is 0. The third-order valence-electron chi connectivity index (χ3n) is 4.44. The van der Waals surface area contributed by atoms with Crippen molar-refractivity contribution in [2.45, 2.75) is 39.2 Å². The van der Waals surface area contributed by atoms with E-state index in [-0.39, 0.29) is 0 Å². The fraction of sp³-hybridized carbons (Fsp3) is 0.529. The maximum absolute atomic E-state index is 4.68. The molecule has 0 bridgehead atoms. The average Bonchev–Trinajstić information content (AvgIpc) is 2.99. The Kier molecular flexibility index (Phi) is 4.99. The molecular formula is C17H23N3S. The number of nitrogens with one attached hydrogen (secondary N) is 1. The first-order valence-electron chi connectivity index (χ1n) is 7.89. The van der Waals surface area contributed by atoms with Crippen LogP contribution >= 0.6 is 11.3 Å². The highest BCUT2D eigenvalue weighted by molar-refractivity contribution is 7.13. The van der Waals surface area contributed by atoms with Gasteiger partial charge in [0.1, 0.15) is 5.01 Å². The molecule has 0 aliphatic heterocycles. The summed E-state index contributed by atoms with van der Waals surface area (Å²) in [5.41, 5.74) is 2.10. The fourth-order valence-corrected chi connectivity index (χ4v) is 3.87. The van der Waals surface area contributed by atoms with Crippen LogP contribution in [0.2, 0.25) is 0 Å². The maximum Gasteiger partial charge on any atom is 0.142 e. The summed E-state index contributed by atoms with van der Waals surface area (Å²) in [7, 11) is 0. The number of nitrogens with zero attached hydrogens (tertiary/aromatic N) is 2. The Balaban J connectivity index is 1.51. The molecule has 0 amide bonds. The molecule has 112 valence electrons. The van der Waals surface area contributed by atoms with Crippen LogP contribution in [0, 0.1) is 11.8 Å². The number of pyridine rings is 1. The lowest BCUT2D eigenvalue weighted by atomic mass is 9.80. The van der Waals surface area contributed by atoms with Gasteiger partial charge in [-0.1, -0.05) is 32.3 Å². The molecule has 4 heteroatoms. The second kappa shape index (κ2) is 7.14. The zero-order valence-corrected chi connectivity index (χ0v) is 13.4. The smallest absolute Gasteiger partial charge is 0.142 e. The van der Waals surface area contributed by atoms with Gasteiger partial charge in [0.2, 0.25) is 0 Å². The quantitative estimate of drug-likeness (QED) is 0.902. The molecule has 2 heterocycles. The Labute approximate surface area is 130 Å². The van der Waals surface area contributed by atoms with Gasteiger partial charge in [0.15, 0.2) is 0 Å². The molecule has 2 aromatic rings. The van der Waals surface area contributed by atoms with E-state index in [9.17, 15) is 0 Å². The monoisotopic (exact) mass is 301 g/mol. The van der Waals surface area contributed by atoms with Crippen molar-refractivity contribution in [3.63, 3.8) is 0 Å². The van der Waals surface area contributed by atoms with Gasteiger partial charge in [0.05, 0.1) is 11.4 Å². The van der Waals surface area contributed by atoms with Gasteiger partial charge < -0.3 is 5.32 Å². The summed E-state index contributed by atoms with van der Waals surface area (Å²) in [6.07, 6.45) is 7.41. The normalized spacial score (nSPS) is 22.3. The fourth-order valence-electron chi connectivity index (χ4n) is 3.08. The number of aromatic nitrogens is 2. The van der Waals surface area contributed by atoms with Gasteiger partial charge in [-0.15, -0.1) is 11.3 Å². The molecule has 2 atom stereocenters. The standard InChI is InChI=1S/C17H23N3S/c1-13-6-2-3-7-14(13)10-18-11-15-12-21-17(20-15)16-8-4-5-9-19-16/h4-5,8-9,12-14,18H,2-3,6-7,10-11H2,1H3. The van der Waals surface area contributed by atoms with E-state index in [0.29, 0.717) is 0 Å². The lowest BCUT2D eigenvalue weighted by Gasteiger charge is -2.28. The van der Waals surface area contributed by atoms with Crippen LogP contribution in [-0.2, 0) is 6.54 Å². The third-order valence-corrected chi connectivity index (χ3v) is 5.35. The first kappa shape index (κ1) is 14.7. The topological polar surface area (TPSA) is 37.8 Å². The van der Waals surface area contributed by atoms with Crippen molar-refractivity contribution in [1.82, 2.24) is 15.3 Å². The third kappa shape index (κ3) is 3.89. The highest BCUT2D eigenvalue weighted by Crippen LogP contribution is 2.29. The van der Waals surface area contributed by atoms with Crippen LogP contribution in [0.15, 0.2) is 29.8 Å². The zero-order valence-electron chi connectivity index (χ0n) is 12.6. The molecule has 3 nitrogen and oxygen atoms in total. The number of rotatable bonds is 5. The summed E-state index contributed by atoms with van der Waals surface area (Å²) in [6, 6.07) is 5.96. The van der Waals surface area contributed by atoms with Gasteiger partial charge >= 0.3 is 0 Å². The van der Waals surface area contributed by atoms with Crippen molar-refractivity contribution in [1.29, 1.82) is 0 Å². The van der Waals surface area contributed by atoms with E-state index in [4.69, 9.17) is 0 Å². The lowest BCUT2D eigenvalue weighted by Crippen LogP contribution is -2.29. The van der Waals surface area contributed by atoms with Crippen molar-refractivity contribution < 1.29 is 0 Å². The van der Waals surface area contributed by atoms with Gasteiger partial charge in [-0.2, -0.15) is 0 Å². The molecule has 1 fully saturated rings. The number of hydrogen-bond donors (Lipinski definition) is 1. The van der Waals surface area contributed by atoms with Crippen LogP contribution in [0.4, 0.5) is 0 Å². The largest absolute Gasteiger partial charge is 0.311 e. The first-order chi connectivity index (χ1) is 10.3. The molecular weight excluding hydrogens is 278 g/mol. The second-order valence-electron chi connectivity index (χ2n) is 6.01. The average molecular weight is 301 g/mol. The van der Waals surface area contributed by atoms with E-state index in [1.54, 1.807) is 11.3 Å². The molecule has 1 saturated carbocycles. The molecule has 2 unspecified atom stereocenters. The van der Waals surface area contributed by atoms with Crippen LogP contribution < -0.4 is 5.32 Å². The summed E-state index contributed by atoms with van der Waals surface area (Å²) >= 11 is 1.68. The van der Waals surface area contributed by atoms with Crippen LogP contribution in [-0.4, -0.2) is 16.5 Å². The molecule has 1 N–H and O–H groups in total. The minimum Gasteiger partial charge on any atom is -0.311 e. The molecule has 0 saturated heterocycles. The summed E-state index contributed by atoms with van der Waals surface area (Å²) in [6.45, 7) is 4.39. The zero-order chi connectivity index (χ0) is 14.5. The Morgan fingerprint density at radius 2 is 2.19 bits per heavy atom. The highest BCUT2D eigenvalue weighted by atomic mass is 32.1. The Hall–Kier alpha value is -1.26. The second-order valence-corrected chi connectivity index (χ2v) is 6.87. The van der Waals surface area contributed by atoms with Crippen molar-refractivity contribution >= 4 is 11.3 Å². The van der Waals surface area contributed by atoms with Crippen molar-refractivity contribution in [2.24, 2.45) is 11.8 Å². The van der Waals surface area contributed by atoms with E-state index in [2.05, 4.69) is 27.6 Å². The van der Waals surface area contributed by atoms with Crippen LogP contribution in [0.1, 0.15) is 38.3 Å². The van der Waals surface area contributed by atoms with E-state index in [1.165, 1.54) is 25.7 Å². The predicted octanol–water partition coefficient (Wildman–Crippen LogP) is 4.12. The molecule has 0 spiro atoms. The highest BCUT2D eigenvalue weighted by Gasteiger charge is 2.20. The first-order valence-corrected chi connectivity index (χ1v) is 8.77. The van der Waals surface area contributed by atoms with Crippen LogP contribution in [0.25, 0.3) is 10.7 Å². The lowest BCUT2D eigenvalue weighted by molar-refractivity contribution is 0.247. The Bertz CT molecular complexity index is 552. The molecule has 2 aromatic heterocycles. The van der Waals surface area contributed by atoms with E-state index < -0.39 is 0 Å². The van der Waals surface area contributed by atoms with Gasteiger partial charge in [0, 0.05) is 18.1 Å². The summed E-state index contributed by atoms with van der Waals surface area (Å²) in [5.74, 6) is 1.71. The van der Waals surface area contributed by atoms with Gasteiger partial charge in [-0.05, 0) is 36.9 Å². The van der Waals surface area contributed by atoms with Gasteiger partial charge in [-0.3, -0.25) is 4.98 Å². The van der Waals surface area contributed by atoms with Crippen molar-refractivity contribution in [2.75, 3.05) is 6.54 Å². The molecule has 3 rings (SSSR count). The molecule has 1 aliphatic rings. The van der Waals surface area contributed by atoms with Crippen molar-refractivity contribution in [3.8, 4) is 10.7 Å². The molecule has 21 heavy (non-hydrogen) atoms. The Morgan fingerprint density at radius 1 is 1.29 bits per heavy atom. The van der Waals surface area contributed by atoms with Crippen molar-refractivity contribution in [3.05, 3.63) is 35.5 Å². The Morgan fingerprint density at radius 3 is 3.00 bits per heavy atom. The van der Waals surface area contributed by atoms with Gasteiger partial charge in [0.25, 0.3) is 0 Å². The maximum atomic E-state index is 4.68. The summed E-state index contributed by atoms with van der Waals surface area (Å²) in [4.78, 5) is 9.03. The molecule has 0 radical (unpaired) electrons. The molecule has 1 aliphatic carbocycles. The van der Waals surface area contributed by atoms with E-state index >= 15 is 0 Å². The van der Waals surface area contributed by atoms with Crippen LogP contribution in [0.3, 0.4) is 0 Å².